The number of hydrogen-bond donors (Lipinski definition) is 3. The van der Waals surface area contributed by atoms with E-state index in [2.05, 4.69) is 20.9 Å². The van der Waals surface area contributed by atoms with Crippen molar-refractivity contribution in [2.45, 2.75) is 25.3 Å². The van der Waals surface area contributed by atoms with Crippen LogP contribution in [-0.4, -0.2) is 22.1 Å². The SMILES string of the molecule is Cl.NC1CCc2[nH]c3c(C(=O)O)ccc(Br)c3c2C1. The number of hydrogen-bond acceptors (Lipinski definition) is 2. The minimum absolute atomic E-state index is 0. The van der Waals surface area contributed by atoms with Crippen LogP contribution in [0.4, 0.5) is 0 Å². The van der Waals surface area contributed by atoms with Gasteiger partial charge in [0.1, 0.15) is 0 Å². The van der Waals surface area contributed by atoms with E-state index in [0.717, 1.165) is 34.8 Å². The van der Waals surface area contributed by atoms with Gasteiger partial charge in [0, 0.05) is 21.6 Å². The molecule has 4 nitrogen and oxygen atoms in total. The first-order valence-corrected chi connectivity index (χ1v) is 6.68. The molecular weight excluding hydrogens is 332 g/mol. The molecule has 102 valence electrons. The molecule has 1 aromatic heterocycles. The molecule has 0 fully saturated rings. The summed E-state index contributed by atoms with van der Waals surface area (Å²) in [4.78, 5) is 14.5. The second-order valence-corrected chi connectivity index (χ2v) is 5.59. The van der Waals surface area contributed by atoms with Crippen molar-refractivity contribution in [1.29, 1.82) is 0 Å². The molecule has 0 amide bonds. The Balaban J connectivity index is 0.00000133. The van der Waals surface area contributed by atoms with E-state index in [1.165, 1.54) is 5.56 Å². The predicted octanol–water partition coefficient (Wildman–Crippen LogP) is 2.87. The Kier molecular flexibility index (Phi) is 3.90. The van der Waals surface area contributed by atoms with Crippen molar-refractivity contribution in [2.24, 2.45) is 5.73 Å². The molecule has 6 heteroatoms. The van der Waals surface area contributed by atoms with Crippen molar-refractivity contribution >= 4 is 45.2 Å². The van der Waals surface area contributed by atoms with Crippen LogP contribution in [0.2, 0.25) is 0 Å². The maximum Gasteiger partial charge on any atom is 0.337 e. The zero-order valence-electron chi connectivity index (χ0n) is 10.1. The molecular formula is C13H14BrClN2O2. The van der Waals surface area contributed by atoms with Crippen LogP contribution in [0.25, 0.3) is 10.9 Å². The third kappa shape index (κ3) is 2.26. The number of nitrogens with two attached hydrogens (primary N) is 1. The van der Waals surface area contributed by atoms with E-state index in [1.807, 2.05) is 0 Å². The summed E-state index contributed by atoms with van der Waals surface area (Å²) in [6.07, 6.45) is 2.63. The number of halogens is 2. The largest absolute Gasteiger partial charge is 0.478 e. The Labute approximate surface area is 124 Å². The lowest BCUT2D eigenvalue weighted by Crippen LogP contribution is -2.27. The smallest absolute Gasteiger partial charge is 0.337 e. The van der Waals surface area contributed by atoms with Gasteiger partial charge >= 0.3 is 5.97 Å². The van der Waals surface area contributed by atoms with Crippen LogP contribution in [0.5, 0.6) is 0 Å². The number of aromatic amines is 1. The molecule has 1 atom stereocenters. The number of aryl methyl sites for hydroxylation is 1. The lowest BCUT2D eigenvalue weighted by atomic mass is 9.92. The molecule has 0 aliphatic heterocycles. The van der Waals surface area contributed by atoms with Crippen LogP contribution < -0.4 is 5.73 Å². The second-order valence-electron chi connectivity index (χ2n) is 4.74. The van der Waals surface area contributed by atoms with Crippen LogP contribution in [0, 0.1) is 0 Å². The molecule has 1 aliphatic rings. The van der Waals surface area contributed by atoms with Crippen molar-refractivity contribution in [3.05, 3.63) is 33.4 Å². The summed E-state index contributed by atoms with van der Waals surface area (Å²) >= 11 is 3.50. The van der Waals surface area contributed by atoms with Crippen LogP contribution in [0.3, 0.4) is 0 Å². The van der Waals surface area contributed by atoms with Gasteiger partial charge in [0.25, 0.3) is 0 Å². The fraction of sp³-hybridized carbons (Fsp3) is 0.308. The molecule has 19 heavy (non-hydrogen) atoms. The highest BCUT2D eigenvalue weighted by Crippen LogP contribution is 2.35. The molecule has 1 aromatic carbocycles. The van der Waals surface area contributed by atoms with Crippen LogP contribution in [-0.2, 0) is 12.8 Å². The number of rotatable bonds is 1. The third-order valence-corrected chi connectivity index (χ3v) is 4.22. The molecule has 2 aromatic rings. The lowest BCUT2D eigenvalue weighted by Gasteiger charge is -2.18. The number of fused-ring (bicyclic) bond motifs is 3. The van der Waals surface area contributed by atoms with E-state index in [4.69, 9.17) is 5.73 Å². The summed E-state index contributed by atoms with van der Waals surface area (Å²) in [6, 6.07) is 3.58. The molecule has 1 heterocycles. The Morgan fingerprint density at radius 1 is 1.47 bits per heavy atom. The number of carboxylic acid groups (broad SMARTS) is 1. The average Bonchev–Trinajstić information content (AvgIpc) is 2.68. The number of benzene rings is 1. The van der Waals surface area contributed by atoms with Gasteiger partial charge in [-0.05, 0) is 37.0 Å². The summed E-state index contributed by atoms with van der Waals surface area (Å²) < 4.78 is 0.925. The van der Waals surface area contributed by atoms with Gasteiger partial charge in [0.05, 0.1) is 11.1 Å². The first kappa shape index (κ1) is 14.4. The van der Waals surface area contributed by atoms with E-state index >= 15 is 0 Å². The number of nitrogens with one attached hydrogen (secondary N) is 1. The van der Waals surface area contributed by atoms with Gasteiger partial charge in [-0.25, -0.2) is 4.79 Å². The molecule has 1 unspecified atom stereocenters. The number of carboxylic acids is 1. The van der Waals surface area contributed by atoms with Gasteiger partial charge in [0.2, 0.25) is 0 Å². The van der Waals surface area contributed by atoms with Crippen molar-refractivity contribution in [2.75, 3.05) is 0 Å². The Morgan fingerprint density at radius 3 is 2.89 bits per heavy atom. The fourth-order valence-corrected chi connectivity index (χ4v) is 3.26. The van der Waals surface area contributed by atoms with Crippen molar-refractivity contribution in [3.63, 3.8) is 0 Å². The minimum atomic E-state index is -0.907. The highest BCUT2D eigenvalue weighted by atomic mass is 79.9. The first-order chi connectivity index (χ1) is 8.58. The monoisotopic (exact) mass is 344 g/mol. The lowest BCUT2D eigenvalue weighted by molar-refractivity contribution is 0.0699. The zero-order chi connectivity index (χ0) is 12.9. The molecule has 0 radical (unpaired) electrons. The number of aromatic nitrogens is 1. The number of H-pyrrole nitrogens is 1. The van der Waals surface area contributed by atoms with Gasteiger partial charge in [-0.3, -0.25) is 0 Å². The molecule has 0 saturated heterocycles. The Hall–Kier alpha value is -1.04. The maximum absolute atomic E-state index is 11.2. The molecule has 0 spiro atoms. The van der Waals surface area contributed by atoms with Gasteiger partial charge < -0.3 is 15.8 Å². The average molecular weight is 346 g/mol. The van der Waals surface area contributed by atoms with Crippen molar-refractivity contribution in [3.8, 4) is 0 Å². The van der Waals surface area contributed by atoms with Crippen LogP contribution in [0.15, 0.2) is 16.6 Å². The van der Waals surface area contributed by atoms with E-state index in [-0.39, 0.29) is 18.4 Å². The minimum Gasteiger partial charge on any atom is -0.478 e. The van der Waals surface area contributed by atoms with Gasteiger partial charge in [-0.2, -0.15) is 0 Å². The number of carbonyl (C=O) groups is 1. The first-order valence-electron chi connectivity index (χ1n) is 5.88. The van der Waals surface area contributed by atoms with Gasteiger partial charge in [-0.15, -0.1) is 12.4 Å². The van der Waals surface area contributed by atoms with Crippen molar-refractivity contribution < 1.29 is 9.90 Å². The quantitative estimate of drug-likeness (QED) is 0.743. The normalized spacial score (nSPS) is 17.9. The summed E-state index contributed by atoms with van der Waals surface area (Å²) in [6.45, 7) is 0. The number of aromatic carboxylic acids is 1. The standard InChI is InChI=1S/C13H13BrN2O2.ClH/c14-9-3-2-7(13(17)18)12-11(9)8-5-6(15)1-4-10(8)16-12;/h2-3,6,16H,1,4-5,15H2,(H,17,18);1H. The zero-order valence-corrected chi connectivity index (χ0v) is 12.5. The summed E-state index contributed by atoms with van der Waals surface area (Å²) in [5, 5.41) is 10.2. The van der Waals surface area contributed by atoms with E-state index < -0.39 is 5.97 Å². The molecule has 0 saturated carbocycles. The van der Waals surface area contributed by atoms with Crippen molar-refractivity contribution in [1.82, 2.24) is 4.98 Å². The molecule has 3 rings (SSSR count). The van der Waals surface area contributed by atoms with E-state index in [9.17, 15) is 9.90 Å². The maximum atomic E-state index is 11.2. The highest BCUT2D eigenvalue weighted by molar-refractivity contribution is 9.10. The van der Waals surface area contributed by atoms with E-state index in [0.29, 0.717) is 11.1 Å². The fourth-order valence-electron chi connectivity index (χ4n) is 2.69. The molecule has 0 bridgehead atoms. The second kappa shape index (κ2) is 5.15. The summed E-state index contributed by atoms with van der Waals surface area (Å²) in [5.41, 5.74) is 9.31. The molecule has 1 aliphatic carbocycles. The summed E-state index contributed by atoms with van der Waals surface area (Å²) in [5.74, 6) is -0.907. The van der Waals surface area contributed by atoms with Crippen LogP contribution in [0.1, 0.15) is 28.0 Å². The van der Waals surface area contributed by atoms with Crippen LogP contribution >= 0.6 is 28.3 Å². The van der Waals surface area contributed by atoms with Gasteiger partial charge in [-0.1, -0.05) is 15.9 Å². The Bertz CT molecular complexity index is 654. The predicted molar refractivity (Wildman–Crippen MR) is 80.2 cm³/mol. The van der Waals surface area contributed by atoms with E-state index in [1.54, 1.807) is 12.1 Å². The topological polar surface area (TPSA) is 79.1 Å². The molecule has 4 N–H and O–H groups in total. The third-order valence-electron chi connectivity index (χ3n) is 3.56. The summed E-state index contributed by atoms with van der Waals surface area (Å²) in [7, 11) is 0. The Morgan fingerprint density at radius 2 is 2.21 bits per heavy atom. The van der Waals surface area contributed by atoms with Gasteiger partial charge in [0.15, 0.2) is 0 Å². The highest BCUT2D eigenvalue weighted by Gasteiger charge is 2.23.